The Morgan fingerprint density at radius 1 is 1.10 bits per heavy atom. The fourth-order valence-electron chi connectivity index (χ4n) is 4.41. The second-order valence-corrected chi connectivity index (χ2v) is 7.94. The first-order valence-corrected chi connectivity index (χ1v) is 8.71. The van der Waals surface area contributed by atoms with Gasteiger partial charge in [-0.05, 0) is 49.9 Å². The predicted molar refractivity (Wildman–Crippen MR) is 90.2 cm³/mol. The van der Waals surface area contributed by atoms with Crippen LogP contribution in [0.4, 0.5) is 0 Å². The Hall–Kier alpha value is 0.170. The zero-order valence-electron chi connectivity index (χ0n) is 13.7. The molecule has 2 saturated carbocycles. The van der Waals surface area contributed by atoms with Crippen molar-refractivity contribution in [1.82, 2.24) is 10.6 Å². The number of hydrogen-bond acceptors (Lipinski definition) is 3. The summed E-state index contributed by atoms with van der Waals surface area (Å²) >= 11 is 0. The van der Waals surface area contributed by atoms with E-state index in [0.29, 0.717) is 11.5 Å². The van der Waals surface area contributed by atoms with Gasteiger partial charge in [0.15, 0.2) is 0 Å². The monoisotopic (exact) mass is 316 g/mol. The molecule has 3 atom stereocenters. The normalized spacial score (nSPS) is 37.1. The molecule has 3 rings (SSSR count). The summed E-state index contributed by atoms with van der Waals surface area (Å²) in [4.78, 5) is 0. The minimum Gasteiger partial charge on any atom is -0.379 e. The minimum atomic E-state index is 0. The maximum atomic E-state index is 5.67. The molecule has 21 heavy (non-hydrogen) atoms. The fraction of sp³-hybridized carbons (Fsp3) is 1.00. The van der Waals surface area contributed by atoms with Crippen molar-refractivity contribution in [3.05, 3.63) is 0 Å². The molecule has 0 aromatic heterocycles. The summed E-state index contributed by atoms with van der Waals surface area (Å²) < 4.78 is 5.67. The minimum absolute atomic E-state index is 0. The molecule has 0 spiro atoms. The average Bonchev–Trinajstić information content (AvgIpc) is 2.90. The summed E-state index contributed by atoms with van der Waals surface area (Å²) in [6.45, 7) is 7.68. The van der Waals surface area contributed by atoms with Crippen LogP contribution in [0.5, 0.6) is 0 Å². The lowest BCUT2D eigenvalue weighted by molar-refractivity contribution is 0.0505. The average molecular weight is 317 g/mol. The lowest BCUT2D eigenvalue weighted by Gasteiger charge is -2.39. The molecule has 2 aliphatic carbocycles. The van der Waals surface area contributed by atoms with Crippen LogP contribution in [0.2, 0.25) is 0 Å². The first kappa shape index (κ1) is 17.5. The van der Waals surface area contributed by atoms with E-state index in [9.17, 15) is 0 Å². The molecule has 2 N–H and O–H groups in total. The molecule has 124 valence electrons. The Kier molecular flexibility index (Phi) is 6.37. The second kappa shape index (κ2) is 7.63. The molecule has 1 heterocycles. The molecule has 0 radical (unpaired) electrons. The van der Waals surface area contributed by atoms with Crippen molar-refractivity contribution in [3.63, 3.8) is 0 Å². The smallest absolute Gasteiger partial charge is 0.0623 e. The summed E-state index contributed by atoms with van der Waals surface area (Å²) in [6.07, 6.45) is 9.62. The summed E-state index contributed by atoms with van der Waals surface area (Å²) in [5, 5.41) is 7.68. The third-order valence-electron chi connectivity index (χ3n) is 5.83. The van der Waals surface area contributed by atoms with Crippen molar-refractivity contribution >= 4 is 12.4 Å². The molecule has 0 aromatic carbocycles. The van der Waals surface area contributed by atoms with Crippen molar-refractivity contribution in [2.45, 2.75) is 76.9 Å². The van der Waals surface area contributed by atoms with E-state index in [1.54, 1.807) is 0 Å². The number of hydrogen-bond donors (Lipinski definition) is 2. The SMILES string of the molecule is CC1(C)CCC(NC2CCCC2C2COCCN2)CC1.Cl. The van der Waals surface area contributed by atoms with Crippen LogP contribution in [0.3, 0.4) is 0 Å². The van der Waals surface area contributed by atoms with Gasteiger partial charge in [0, 0.05) is 24.7 Å². The number of halogens is 1. The topological polar surface area (TPSA) is 33.3 Å². The highest BCUT2D eigenvalue weighted by atomic mass is 35.5. The van der Waals surface area contributed by atoms with Gasteiger partial charge in [0.2, 0.25) is 0 Å². The van der Waals surface area contributed by atoms with Crippen LogP contribution in [0.25, 0.3) is 0 Å². The molecule has 3 unspecified atom stereocenters. The van der Waals surface area contributed by atoms with E-state index < -0.39 is 0 Å². The number of morpholine rings is 1. The van der Waals surface area contributed by atoms with E-state index in [2.05, 4.69) is 24.5 Å². The van der Waals surface area contributed by atoms with E-state index in [-0.39, 0.29) is 12.4 Å². The van der Waals surface area contributed by atoms with Gasteiger partial charge in [-0.15, -0.1) is 12.4 Å². The molecular weight excluding hydrogens is 284 g/mol. The predicted octanol–water partition coefficient (Wildman–Crippen LogP) is 3.12. The molecule has 3 fully saturated rings. The summed E-state index contributed by atoms with van der Waals surface area (Å²) in [6, 6.07) is 2.07. The van der Waals surface area contributed by atoms with Crippen molar-refractivity contribution in [2.75, 3.05) is 19.8 Å². The fourth-order valence-corrected chi connectivity index (χ4v) is 4.41. The molecule has 0 bridgehead atoms. The molecule has 1 saturated heterocycles. The molecule has 0 aromatic rings. The van der Waals surface area contributed by atoms with E-state index in [1.807, 2.05) is 0 Å². The van der Waals surface area contributed by atoms with E-state index in [1.165, 1.54) is 44.9 Å². The standard InChI is InChI=1S/C17H32N2O.ClH/c1-17(2)8-6-13(7-9-17)19-15-5-3-4-14(15)16-12-20-11-10-18-16;/h13-16,18-19H,3-12H2,1-2H3;1H. The summed E-state index contributed by atoms with van der Waals surface area (Å²) in [7, 11) is 0. The Balaban J connectivity index is 0.00000161. The Labute approximate surface area is 136 Å². The van der Waals surface area contributed by atoms with Gasteiger partial charge in [0.25, 0.3) is 0 Å². The first-order valence-electron chi connectivity index (χ1n) is 8.71. The maximum Gasteiger partial charge on any atom is 0.0623 e. The highest BCUT2D eigenvalue weighted by Crippen LogP contribution is 2.37. The molecule has 3 aliphatic rings. The highest BCUT2D eigenvalue weighted by molar-refractivity contribution is 5.85. The number of ether oxygens (including phenoxy) is 1. The van der Waals surface area contributed by atoms with Crippen LogP contribution < -0.4 is 10.6 Å². The quantitative estimate of drug-likeness (QED) is 0.839. The molecular formula is C17H33ClN2O. The number of nitrogens with one attached hydrogen (secondary N) is 2. The van der Waals surface area contributed by atoms with Crippen LogP contribution in [-0.4, -0.2) is 37.9 Å². The largest absolute Gasteiger partial charge is 0.379 e. The third-order valence-corrected chi connectivity index (χ3v) is 5.83. The van der Waals surface area contributed by atoms with Gasteiger partial charge >= 0.3 is 0 Å². The lowest BCUT2D eigenvalue weighted by Crippen LogP contribution is -2.52. The molecule has 0 amide bonds. The van der Waals surface area contributed by atoms with Crippen LogP contribution in [0.15, 0.2) is 0 Å². The highest BCUT2D eigenvalue weighted by Gasteiger charge is 2.36. The van der Waals surface area contributed by atoms with Gasteiger partial charge in [0.05, 0.1) is 13.2 Å². The van der Waals surface area contributed by atoms with Gasteiger partial charge in [0.1, 0.15) is 0 Å². The lowest BCUT2D eigenvalue weighted by atomic mass is 9.75. The van der Waals surface area contributed by atoms with Crippen molar-refractivity contribution in [1.29, 1.82) is 0 Å². The van der Waals surface area contributed by atoms with Crippen LogP contribution >= 0.6 is 12.4 Å². The maximum absolute atomic E-state index is 5.67. The van der Waals surface area contributed by atoms with E-state index >= 15 is 0 Å². The van der Waals surface area contributed by atoms with Gasteiger partial charge in [-0.1, -0.05) is 20.3 Å². The van der Waals surface area contributed by atoms with Crippen LogP contribution in [-0.2, 0) is 4.74 Å². The zero-order valence-corrected chi connectivity index (χ0v) is 14.5. The first-order chi connectivity index (χ1) is 9.64. The van der Waals surface area contributed by atoms with Crippen molar-refractivity contribution in [3.8, 4) is 0 Å². The molecule has 4 heteroatoms. The van der Waals surface area contributed by atoms with Gasteiger partial charge < -0.3 is 15.4 Å². The van der Waals surface area contributed by atoms with Gasteiger partial charge in [-0.2, -0.15) is 0 Å². The zero-order chi connectivity index (χ0) is 14.0. The van der Waals surface area contributed by atoms with Crippen LogP contribution in [0.1, 0.15) is 58.8 Å². The summed E-state index contributed by atoms with van der Waals surface area (Å²) in [5.74, 6) is 0.783. The summed E-state index contributed by atoms with van der Waals surface area (Å²) in [5.41, 5.74) is 0.575. The second-order valence-electron chi connectivity index (χ2n) is 7.94. The van der Waals surface area contributed by atoms with E-state index in [0.717, 1.165) is 37.8 Å². The number of rotatable bonds is 3. The van der Waals surface area contributed by atoms with E-state index in [4.69, 9.17) is 4.74 Å². The van der Waals surface area contributed by atoms with Gasteiger partial charge in [-0.3, -0.25) is 0 Å². The Bertz CT molecular complexity index is 308. The van der Waals surface area contributed by atoms with Crippen molar-refractivity contribution < 1.29 is 4.74 Å². The van der Waals surface area contributed by atoms with Crippen LogP contribution in [0, 0.1) is 11.3 Å². The molecule has 1 aliphatic heterocycles. The third kappa shape index (κ3) is 4.57. The van der Waals surface area contributed by atoms with Crippen molar-refractivity contribution in [2.24, 2.45) is 11.3 Å². The molecule has 3 nitrogen and oxygen atoms in total. The Morgan fingerprint density at radius 3 is 2.52 bits per heavy atom. The van der Waals surface area contributed by atoms with Gasteiger partial charge in [-0.25, -0.2) is 0 Å². The Morgan fingerprint density at radius 2 is 1.86 bits per heavy atom.